The fourth-order valence-corrected chi connectivity index (χ4v) is 4.25. The highest BCUT2D eigenvalue weighted by atomic mass is 32.2. The molecule has 0 bridgehead atoms. The molecule has 0 atom stereocenters. The number of benzene rings is 3. The second kappa shape index (κ2) is 8.45. The highest BCUT2D eigenvalue weighted by Gasteiger charge is 2.27. The predicted molar refractivity (Wildman–Crippen MR) is 112 cm³/mol. The first kappa shape index (κ1) is 20.5. The molecule has 1 amide bonds. The minimum Gasteiger partial charge on any atom is -0.324 e. The van der Waals surface area contributed by atoms with Crippen LogP contribution < -0.4 is 9.62 Å². The zero-order chi connectivity index (χ0) is 21.0. The molecular weight excluding hydrogens is 391 g/mol. The van der Waals surface area contributed by atoms with E-state index in [9.17, 15) is 17.6 Å². The van der Waals surface area contributed by atoms with Gasteiger partial charge in [0.15, 0.2) is 0 Å². The van der Waals surface area contributed by atoms with Crippen molar-refractivity contribution in [2.24, 2.45) is 0 Å². The average Bonchev–Trinajstić information content (AvgIpc) is 2.70. The molecule has 0 unspecified atom stereocenters. The monoisotopic (exact) mass is 412 g/mol. The summed E-state index contributed by atoms with van der Waals surface area (Å²) in [6, 6.07) is 18.5. The van der Waals surface area contributed by atoms with Crippen LogP contribution in [0.2, 0.25) is 0 Å². The Morgan fingerprint density at radius 2 is 1.62 bits per heavy atom. The molecule has 7 heteroatoms. The van der Waals surface area contributed by atoms with Gasteiger partial charge in [0.2, 0.25) is 5.91 Å². The molecule has 0 aliphatic rings. The van der Waals surface area contributed by atoms with Gasteiger partial charge in [-0.15, -0.1) is 0 Å². The lowest BCUT2D eigenvalue weighted by Crippen LogP contribution is -2.38. The topological polar surface area (TPSA) is 66.5 Å². The molecule has 29 heavy (non-hydrogen) atoms. The Labute approximate surface area is 169 Å². The van der Waals surface area contributed by atoms with Crippen LogP contribution >= 0.6 is 0 Å². The van der Waals surface area contributed by atoms with Crippen molar-refractivity contribution in [1.82, 2.24) is 0 Å². The Kier molecular flexibility index (Phi) is 5.98. The number of hydrogen-bond donors (Lipinski definition) is 1. The summed E-state index contributed by atoms with van der Waals surface area (Å²) in [6.07, 6.45) is 0. The van der Waals surface area contributed by atoms with Crippen LogP contribution in [0.15, 0.2) is 77.7 Å². The van der Waals surface area contributed by atoms with E-state index in [1.807, 2.05) is 32.0 Å². The van der Waals surface area contributed by atoms with Crippen LogP contribution in [-0.4, -0.2) is 20.9 Å². The summed E-state index contributed by atoms with van der Waals surface area (Å²) in [4.78, 5) is 12.6. The van der Waals surface area contributed by atoms with E-state index >= 15 is 0 Å². The summed E-state index contributed by atoms with van der Waals surface area (Å²) in [5, 5.41) is 2.78. The van der Waals surface area contributed by atoms with Crippen LogP contribution in [0.4, 0.5) is 15.8 Å². The average molecular weight is 412 g/mol. The second-order valence-electron chi connectivity index (χ2n) is 6.67. The summed E-state index contributed by atoms with van der Waals surface area (Å²) in [5.41, 5.74) is 2.82. The fourth-order valence-electron chi connectivity index (χ4n) is 2.83. The lowest BCUT2D eigenvalue weighted by molar-refractivity contribution is -0.114. The molecule has 1 N–H and O–H groups in total. The molecule has 0 spiro atoms. The maximum Gasteiger partial charge on any atom is 0.264 e. The number of carbonyl (C=O) groups is 1. The summed E-state index contributed by atoms with van der Waals surface area (Å²) in [5.74, 6) is -1.02. The van der Waals surface area contributed by atoms with Gasteiger partial charge in [-0.25, -0.2) is 12.8 Å². The zero-order valence-electron chi connectivity index (χ0n) is 16.1. The Morgan fingerprint density at radius 1 is 0.966 bits per heavy atom. The van der Waals surface area contributed by atoms with Crippen molar-refractivity contribution in [3.8, 4) is 0 Å². The first-order valence-corrected chi connectivity index (χ1v) is 10.4. The number of nitrogens with one attached hydrogen (secondary N) is 1. The molecule has 3 aromatic rings. The van der Waals surface area contributed by atoms with Gasteiger partial charge in [-0.3, -0.25) is 9.10 Å². The third-order valence-corrected chi connectivity index (χ3v) is 6.19. The van der Waals surface area contributed by atoms with Gasteiger partial charge in [-0.1, -0.05) is 30.3 Å². The number of hydrogen-bond acceptors (Lipinski definition) is 3. The van der Waals surface area contributed by atoms with E-state index < -0.39 is 28.3 Å². The van der Waals surface area contributed by atoms with Crippen molar-refractivity contribution in [2.75, 3.05) is 16.2 Å². The first-order chi connectivity index (χ1) is 13.8. The lowest BCUT2D eigenvalue weighted by atomic mass is 10.1. The molecular formula is C22H21FN2O3S. The van der Waals surface area contributed by atoms with Gasteiger partial charge in [-0.2, -0.15) is 0 Å². The van der Waals surface area contributed by atoms with Crippen molar-refractivity contribution in [3.63, 3.8) is 0 Å². The number of anilines is 2. The van der Waals surface area contributed by atoms with Gasteiger partial charge in [0.05, 0.1) is 10.6 Å². The Balaban J connectivity index is 1.93. The number of carbonyl (C=O) groups excluding carboxylic acids is 1. The van der Waals surface area contributed by atoms with Crippen molar-refractivity contribution in [2.45, 2.75) is 18.7 Å². The van der Waals surface area contributed by atoms with Crippen LogP contribution in [0.1, 0.15) is 11.1 Å². The largest absolute Gasteiger partial charge is 0.324 e. The quantitative estimate of drug-likeness (QED) is 0.657. The Hall–Kier alpha value is -3.19. The number of sulfonamides is 1. The molecule has 0 heterocycles. The van der Waals surface area contributed by atoms with Gasteiger partial charge in [0.25, 0.3) is 10.0 Å². The van der Waals surface area contributed by atoms with Gasteiger partial charge >= 0.3 is 0 Å². The van der Waals surface area contributed by atoms with E-state index in [0.717, 1.165) is 27.6 Å². The Morgan fingerprint density at radius 3 is 2.28 bits per heavy atom. The van der Waals surface area contributed by atoms with Crippen LogP contribution in [0.5, 0.6) is 0 Å². The van der Waals surface area contributed by atoms with E-state index in [1.54, 1.807) is 30.3 Å². The molecule has 0 saturated heterocycles. The minimum atomic E-state index is -4.07. The van der Waals surface area contributed by atoms with E-state index in [0.29, 0.717) is 11.4 Å². The molecule has 0 saturated carbocycles. The molecule has 3 rings (SSSR count). The lowest BCUT2D eigenvalue weighted by Gasteiger charge is -2.24. The van der Waals surface area contributed by atoms with Crippen molar-refractivity contribution in [1.29, 1.82) is 0 Å². The van der Waals surface area contributed by atoms with Crippen molar-refractivity contribution < 1.29 is 17.6 Å². The molecule has 0 aliphatic carbocycles. The summed E-state index contributed by atoms with van der Waals surface area (Å²) < 4.78 is 40.6. The van der Waals surface area contributed by atoms with Crippen LogP contribution in [0, 0.1) is 19.7 Å². The summed E-state index contributed by atoms with van der Waals surface area (Å²) >= 11 is 0. The number of nitrogens with zero attached hydrogens (tertiary/aromatic N) is 1. The van der Waals surface area contributed by atoms with E-state index in [1.165, 1.54) is 12.1 Å². The number of amides is 1. The highest BCUT2D eigenvalue weighted by molar-refractivity contribution is 7.92. The van der Waals surface area contributed by atoms with Crippen LogP contribution in [-0.2, 0) is 14.8 Å². The van der Waals surface area contributed by atoms with Gasteiger partial charge in [0.1, 0.15) is 12.4 Å². The summed E-state index contributed by atoms with van der Waals surface area (Å²) in [7, 11) is -4.07. The molecule has 0 aromatic heterocycles. The third-order valence-electron chi connectivity index (χ3n) is 4.40. The molecule has 0 radical (unpaired) electrons. The fraction of sp³-hybridized carbons (Fsp3) is 0.136. The van der Waals surface area contributed by atoms with Crippen LogP contribution in [0.25, 0.3) is 0 Å². The smallest absolute Gasteiger partial charge is 0.264 e. The van der Waals surface area contributed by atoms with Crippen LogP contribution in [0.3, 0.4) is 0 Å². The second-order valence-corrected chi connectivity index (χ2v) is 8.53. The molecule has 0 aliphatic heterocycles. The van der Waals surface area contributed by atoms with E-state index in [2.05, 4.69) is 5.32 Å². The number of rotatable bonds is 6. The number of halogens is 1. The standard InChI is InChI=1S/C22H21FN2O3S/c1-16-8-9-17(2)21(14-16)24-22(26)15-25(19-6-4-3-5-7-19)29(27,28)20-12-10-18(23)11-13-20/h3-14H,15H2,1-2H3,(H,24,26). The van der Waals surface area contributed by atoms with Crippen molar-refractivity contribution >= 4 is 27.3 Å². The third kappa shape index (κ3) is 4.81. The highest BCUT2D eigenvalue weighted by Crippen LogP contribution is 2.24. The number of para-hydroxylation sites is 1. The SMILES string of the molecule is Cc1ccc(C)c(NC(=O)CN(c2ccccc2)S(=O)(=O)c2ccc(F)cc2)c1. The van der Waals surface area contributed by atoms with Gasteiger partial charge in [-0.05, 0) is 67.4 Å². The maximum absolute atomic E-state index is 13.2. The first-order valence-electron chi connectivity index (χ1n) is 8.98. The maximum atomic E-state index is 13.2. The molecule has 150 valence electrons. The van der Waals surface area contributed by atoms with E-state index in [-0.39, 0.29) is 4.90 Å². The molecule has 0 fully saturated rings. The minimum absolute atomic E-state index is 0.0951. The van der Waals surface area contributed by atoms with Gasteiger partial charge < -0.3 is 5.32 Å². The molecule has 5 nitrogen and oxygen atoms in total. The van der Waals surface area contributed by atoms with Gasteiger partial charge in [0, 0.05) is 5.69 Å². The van der Waals surface area contributed by atoms with E-state index in [4.69, 9.17) is 0 Å². The Bertz CT molecular complexity index is 1110. The summed E-state index contributed by atoms with van der Waals surface area (Å²) in [6.45, 7) is 3.35. The zero-order valence-corrected chi connectivity index (χ0v) is 16.9. The molecule has 3 aromatic carbocycles. The van der Waals surface area contributed by atoms with Crippen molar-refractivity contribution in [3.05, 3.63) is 89.7 Å². The normalized spacial score (nSPS) is 11.1. The predicted octanol–water partition coefficient (Wildman–Crippen LogP) is 4.28. The number of aryl methyl sites for hydroxylation is 2.